The summed E-state index contributed by atoms with van der Waals surface area (Å²) >= 11 is 0. The molecule has 2 heterocycles. The van der Waals surface area contributed by atoms with Gasteiger partial charge in [-0.1, -0.05) is 24.3 Å². The lowest BCUT2D eigenvalue weighted by Gasteiger charge is -2.32. The molecule has 4 nitrogen and oxygen atoms in total. The third-order valence-corrected chi connectivity index (χ3v) is 5.62. The molecule has 0 bridgehead atoms. The van der Waals surface area contributed by atoms with Gasteiger partial charge in [-0.15, -0.1) is 0 Å². The molecule has 0 spiro atoms. The molecule has 1 saturated heterocycles. The quantitative estimate of drug-likeness (QED) is 0.803. The standard InChI is InChI=1S/C20H25BN2O2/c1-13-8-6-7-9-15(13)16-12-17(23-18(22-16)14-10-11-14)21-24-19(2,3)20(4,5)25-21/h6-9,12,14H,10-11H2,1-5H3. The highest BCUT2D eigenvalue weighted by atomic mass is 16.7. The normalized spacial score (nSPS) is 21.6. The molecule has 5 heteroatoms. The number of rotatable bonds is 3. The Kier molecular flexibility index (Phi) is 3.78. The van der Waals surface area contributed by atoms with Crippen molar-refractivity contribution in [1.29, 1.82) is 0 Å². The van der Waals surface area contributed by atoms with E-state index in [-0.39, 0.29) is 11.2 Å². The van der Waals surface area contributed by atoms with Gasteiger partial charge >= 0.3 is 7.12 Å². The van der Waals surface area contributed by atoms with Gasteiger partial charge in [0.05, 0.1) is 22.5 Å². The van der Waals surface area contributed by atoms with Gasteiger partial charge in [0, 0.05) is 11.5 Å². The summed E-state index contributed by atoms with van der Waals surface area (Å²) in [4.78, 5) is 9.65. The Morgan fingerprint density at radius 3 is 2.24 bits per heavy atom. The van der Waals surface area contributed by atoms with E-state index >= 15 is 0 Å². The van der Waals surface area contributed by atoms with E-state index in [0.29, 0.717) is 5.92 Å². The molecule has 1 saturated carbocycles. The molecular weight excluding hydrogens is 311 g/mol. The van der Waals surface area contributed by atoms with Crippen molar-refractivity contribution < 1.29 is 9.31 Å². The summed E-state index contributed by atoms with van der Waals surface area (Å²) in [6.07, 6.45) is 2.33. The molecule has 1 aliphatic heterocycles. The van der Waals surface area contributed by atoms with Crippen LogP contribution in [0.5, 0.6) is 0 Å². The molecule has 2 aromatic rings. The number of hydrogen-bond donors (Lipinski definition) is 0. The average Bonchev–Trinajstić information content (AvgIpc) is 3.35. The maximum absolute atomic E-state index is 6.21. The fourth-order valence-electron chi connectivity index (χ4n) is 3.09. The van der Waals surface area contributed by atoms with Crippen LogP contribution in [-0.4, -0.2) is 28.3 Å². The van der Waals surface area contributed by atoms with Crippen LogP contribution < -0.4 is 5.59 Å². The van der Waals surface area contributed by atoms with Gasteiger partial charge in [0.2, 0.25) is 0 Å². The minimum absolute atomic E-state index is 0.370. The van der Waals surface area contributed by atoms with Crippen molar-refractivity contribution in [3.8, 4) is 11.3 Å². The zero-order valence-corrected chi connectivity index (χ0v) is 15.7. The number of hydrogen-bond acceptors (Lipinski definition) is 4. The van der Waals surface area contributed by atoms with Crippen LogP contribution >= 0.6 is 0 Å². The molecule has 130 valence electrons. The van der Waals surface area contributed by atoms with E-state index in [1.807, 2.05) is 6.07 Å². The van der Waals surface area contributed by atoms with Gasteiger partial charge in [0.1, 0.15) is 5.82 Å². The summed E-state index contributed by atoms with van der Waals surface area (Å²) in [6.45, 7) is 10.4. The van der Waals surface area contributed by atoms with Gasteiger partial charge in [-0.05, 0) is 59.1 Å². The first-order chi connectivity index (χ1) is 11.8. The zero-order valence-electron chi connectivity index (χ0n) is 15.7. The second-order valence-electron chi connectivity index (χ2n) is 8.21. The van der Waals surface area contributed by atoms with Crippen molar-refractivity contribution in [1.82, 2.24) is 9.97 Å². The van der Waals surface area contributed by atoms with Crippen LogP contribution in [-0.2, 0) is 9.31 Å². The van der Waals surface area contributed by atoms with Gasteiger partial charge in [-0.2, -0.15) is 0 Å². The van der Waals surface area contributed by atoms with Gasteiger partial charge in [0.15, 0.2) is 0 Å². The Morgan fingerprint density at radius 2 is 1.64 bits per heavy atom. The van der Waals surface area contributed by atoms with Crippen molar-refractivity contribution in [2.24, 2.45) is 0 Å². The Hall–Kier alpha value is -1.72. The molecule has 0 atom stereocenters. The first kappa shape index (κ1) is 16.7. The summed E-state index contributed by atoms with van der Waals surface area (Å²) in [5.41, 5.74) is 3.40. The van der Waals surface area contributed by atoms with Crippen LogP contribution in [0.15, 0.2) is 30.3 Å². The second-order valence-corrected chi connectivity index (χ2v) is 8.21. The minimum Gasteiger partial charge on any atom is -0.398 e. The topological polar surface area (TPSA) is 44.2 Å². The summed E-state index contributed by atoms with van der Waals surface area (Å²) in [7, 11) is -0.451. The van der Waals surface area contributed by atoms with E-state index in [1.54, 1.807) is 0 Å². The molecule has 2 fully saturated rings. The van der Waals surface area contributed by atoms with Gasteiger partial charge in [0.25, 0.3) is 0 Å². The van der Waals surface area contributed by atoms with Gasteiger partial charge < -0.3 is 9.31 Å². The number of nitrogens with zero attached hydrogens (tertiary/aromatic N) is 2. The molecular formula is C20H25BN2O2. The number of aromatic nitrogens is 2. The molecule has 0 N–H and O–H groups in total. The fraction of sp³-hybridized carbons (Fsp3) is 0.500. The Bertz CT molecular complexity index is 799. The summed E-state index contributed by atoms with van der Waals surface area (Å²) in [5, 5.41) is 0. The molecule has 25 heavy (non-hydrogen) atoms. The van der Waals surface area contributed by atoms with Crippen molar-refractivity contribution in [3.05, 3.63) is 41.7 Å². The molecule has 1 aromatic carbocycles. The van der Waals surface area contributed by atoms with E-state index < -0.39 is 7.12 Å². The van der Waals surface area contributed by atoms with Gasteiger partial charge in [-0.25, -0.2) is 9.97 Å². The zero-order chi connectivity index (χ0) is 17.8. The summed E-state index contributed by atoms with van der Waals surface area (Å²) in [5.74, 6) is 1.40. The highest BCUT2D eigenvalue weighted by Gasteiger charge is 2.52. The number of aryl methyl sites for hydroxylation is 1. The van der Waals surface area contributed by atoms with Crippen LogP contribution in [0.1, 0.15) is 57.8 Å². The Morgan fingerprint density at radius 1 is 1.00 bits per heavy atom. The third kappa shape index (κ3) is 3.00. The summed E-state index contributed by atoms with van der Waals surface area (Å²) < 4.78 is 12.4. The Balaban J connectivity index is 1.77. The van der Waals surface area contributed by atoms with Crippen molar-refractivity contribution in [2.45, 2.75) is 64.6 Å². The van der Waals surface area contributed by atoms with Gasteiger partial charge in [-0.3, -0.25) is 0 Å². The molecule has 4 rings (SSSR count). The van der Waals surface area contributed by atoms with E-state index in [2.05, 4.69) is 58.9 Å². The molecule has 0 amide bonds. The van der Waals surface area contributed by atoms with Crippen molar-refractivity contribution >= 4 is 12.7 Å². The lowest BCUT2D eigenvalue weighted by atomic mass is 9.83. The van der Waals surface area contributed by atoms with Crippen LogP contribution in [0, 0.1) is 6.92 Å². The first-order valence-corrected chi connectivity index (χ1v) is 9.07. The molecule has 0 radical (unpaired) electrons. The highest BCUT2D eigenvalue weighted by Crippen LogP contribution is 2.39. The summed E-state index contributed by atoms with van der Waals surface area (Å²) in [6, 6.07) is 10.4. The maximum Gasteiger partial charge on any atom is 0.514 e. The monoisotopic (exact) mass is 336 g/mol. The van der Waals surface area contributed by atoms with Crippen LogP contribution in [0.4, 0.5) is 0 Å². The molecule has 2 aliphatic rings. The van der Waals surface area contributed by atoms with Crippen molar-refractivity contribution in [2.75, 3.05) is 0 Å². The second kappa shape index (κ2) is 5.65. The van der Waals surface area contributed by atoms with Crippen LogP contribution in [0.3, 0.4) is 0 Å². The van der Waals surface area contributed by atoms with E-state index in [4.69, 9.17) is 19.3 Å². The predicted molar refractivity (Wildman–Crippen MR) is 99.9 cm³/mol. The van der Waals surface area contributed by atoms with Crippen molar-refractivity contribution in [3.63, 3.8) is 0 Å². The minimum atomic E-state index is -0.451. The molecule has 1 aromatic heterocycles. The lowest BCUT2D eigenvalue weighted by Crippen LogP contribution is -2.41. The molecule has 0 unspecified atom stereocenters. The van der Waals surface area contributed by atoms with Crippen LogP contribution in [0.2, 0.25) is 0 Å². The largest absolute Gasteiger partial charge is 0.514 e. The highest BCUT2D eigenvalue weighted by molar-refractivity contribution is 6.61. The molecule has 1 aliphatic carbocycles. The lowest BCUT2D eigenvalue weighted by molar-refractivity contribution is 0.00578. The first-order valence-electron chi connectivity index (χ1n) is 9.07. The third-order valence-electron chi connectivity index (χ3n) is 5.62. The predicted octanol–water partition coefficient (Wildman–Crippen LogP) is 3.63. The fourth-order valence-corrected chi connectivity index (χ4v) is 3.09. The van der Waals surface area contributed by atoms with E-state index in [0.717, 1.165) is 22.7 Å². The Labute approximate surface area is 150 Å². The smallest absolute Gasteiger partial charge is 0.398 e. The maximum atomic E-state index is 6.21. The van der Waals surface area contributed by atoms with E-state index in [9.17, 15) is 0 Å². The average molecular weight is 336 g/mol. The SMILES string of the molecule is Cc1ccccc1-c1cc(B2OC(C)(C)C(C)(C)O2)nc(C2CC2)n1. The van der Waals surface area contributed by atoms with E-state index in [1.165, 1.54) is 18.4 Å². The number of benzene rings is 1. The van der Waals surface area contributed by atoms with Crippen LogP contribution in [0.25, 0.3) is 11.3 Å².